The zero-order valence-electron chi connectivity index (χ0n) is 8.61. The molecule has 1 aromatic heterocycles. The summed E-state index contributed by atoms with van der Waals surface area (Å²) in [6.07, 6.45) is 2.50. The predicted octanol–water partition coefficient (Wildman–Crippen LogP) is 3.48. The van der Waals surface area contributed by atoms with Crippen molar-refractivity contribution in [2.75, 3.05) is 5.33 Å². The molecule has 0 radical (unpaired) electrons. The number of alkyl halides is 1. The Hall–Kier alpha value is -1.53. The third kappa shape index (κ3) is 2.74. The largest absolute Gasteiger partial charge is 0.356 e. The molecule has 0 saturated carbocycles. The van der Waals surface area contributed by atoms with Crippen molar-refractivity contribution < 1.29 is 4.52 Å². The van der Waals surface area contributed by atoms with E-state index in [4.69, 9.17) is 4.52 Å². The maximum atomic E-state index is 5.07. The van der Waals surface area contributed by atoms with Crippen LogP contribution >= 0.6 is 15.9 Å². The van der Waals surface area contributed by atoms with E-state index in [9.17, 15) is 0 Å². The molecule has 2 rings (SSSR count). The van der Waals surface area contributed by atoms with Crippen LogP contribution in [0.1, 0.15) is 12.0 Å². The van der Waals surface area contributed by atoms with Gasteiger partial charge in [-0.25, -0.2) is 0 Å². The SMILES string of the molecule is BrCCC#Cc1ccc(-c2ccno2)cc1. The highest BCUT2D eigenvalue weighted by Gasteiger charge is 1.99. The molecule has 0 aliphatic rings. The number of hydrogen-bond acceptors (Lipinski definition) is 2. The number of halogens is 1. The summed E-state index contributed by atoms with van der Waals surface area (Å²) in [5, 5.41) is 4.59. The molecule has 2 aromatic rings. The Balaban J connectivity index is 2.15. The molecule has 0 amide bonds. The quantitative estimate of drug-likeness (QED) is 0.620. The van der Waals surface area contributed by atoms with Gasteiger partial charge >= 0.3 is 0 Å². The zero-order valence-corrected chi connectivity index (χ0v) is 10.2. The number of hydrogen-bond donors (Lipinski definition) is 0. The van der Waals surface area contributed by atoms with Crippen LogP contribution in [0.2, 0.25) is 0 Å². The fourth-order valence-corrected chi connectivity index (χ4v) is 1.49. The fraction of sp³-hybridized carbons (Fsp3) is 0.154. The van der Waals surface area contributed by atoms with Crippen LogP contribution in [0.4, 0.5) is 0 Å². The first kappa shape index (κ1) is 11.0. The lowest BCUT2D eigenvalue weighted by molar-refractivity contribution is 0.432. The van der Waals surface area contributed by atoms with Crippen molar-refractivity contribution in [3.8, 4) is 23.2 Å². The van der Waals surface area contributed by atoms with Crippen LogP contribution in [0.5, 0.6) is 0 Å². The summed E-state index contributed by atoms with van der Waals surface area (Å²) in [6.45, 7) is 0. The first-order chi connectivity index (χ1) is 7.90. The maximum absolute atomic E-state index is 5.07. The Morgan fingerprint density at radius 3 is 2.62 bits per heavy atom. The zero-order chi connectivity index (χ0) is 11.2. The summed E-state index contributed by atoms with van der Waals surface area (Å²) in [4.78, 5) is 0. The predicted molar refractivity (Wildman–Crippen MR) is 67.2 cm³/mol. The second-order valence-electron chi connectivity index (χ2n) is 3.19. The third-order valence-electron chi connectivity index (χ3n) is 2.06. The molecule has 16 heavy (non-hydrogen) atoms. The van der Waals surface area contributed by atoms with Crippen molar-refractivity contribution in [1.82, 2.24) is 5.16 Å². The molecule has 0 bridgehead atoms. The summed E-state index contributed by atoms with van der Waals surface area (Å²) in [5.41, 5.74) is 2.03. The summed E-state index contributed by atoms with van der Waals surface area (Å²) in [5.74, 6) is 6.94. The van der Waals surface area contributed by atoms with E-state index in [1.807, 2.05) is 30.3 Å². The van der Waals surface area contributed by atoms with E-state index in [0.29, 0.717) is 0 Å². The van der Waals surface area contributed by atoms with E-state index < -0.39 is 0 Å². The van der Waals surface area contributed by atoms with E-state index in [1.54, 1.807) is 6.20 Å². The minimum Gasteiger partial charge on any atom is -0.356 e. The van der Waals surface area contributed by atoms with Crippen molar-refractivity contribution in [3.63, 3.8) is 0 Å². The van der Waals surface area contributed by atoms with Gasteiger partial charge in [0.25, 0.3) is 0 Å². The number of aromatic nitrogens is 1. The van der Waals surface area contributed by atoms with Crippen molar-refractivity contribution in [2.45, 2.75) is 6.42 Å². The highest BCUT2D eigenvalue weighted by Crippen LogP contribution is 2.18. The average Bonchev–Trinajstić information content (AvgIpc) is 2.84. The Kier molecular flexibility index (Phi) is 3.79. The van der Waals surface area contributed by atoms with E-state index >= 15 is 0 Å². The van der Waals surface area contributed by atoms with Gasteiger partial charge in [0.05, 0.1) is 6.20 Å². The van der Waals surface area contributed by atoms with Crippen LogP contribution < -0.4 is 0 Å². The summed E-state index contributed by atoms with van der Waals surface area (Å²) >= 11 is 3.34. The van der Waals surface area contributed by atoms with Gasteiger partial charge in [-0.05, 0) is 24.3 Å². The van der Waals surface area contributed by atoms with Gasteiger partial charge in [-0.3, -0.25) is 0 Å². The topological polar surface area (TPSA) is 26.0 Å². The number of benzene rings is 1. The first-order valence-corrected chi connectivity index (χ1v) is 6.08. The summed E-state index contributed by atoms with van der Waals surface area (Å²) < 4.78 is 5.07. The lowest BCUT2D eigenvalue weighted by Crippen LogP contribution is -1.77. The Morgan fingerprint density at radius 2 is 2.00 bits per heavy atom. The van der Waals surface area contributed by atoms with Gasteiger partial charge in [-0.2, -0.15) is 0 Å². The molecule has 0 saturated heterocycles. The minimum atomic E-state index is 0.778. The van der Waals surface area contributed by atoms with Crippen LogP contribution in [0.15, 0.2) is 41.1 Å². The van der Waals surface area contributed by atoms with Gasteiger partial charge in [-0.15, -0.1) is 0 Å². The van der Waals surface area contributed by atoms with Gasteiger partial charge in [0, 0.05) is 28.9 Å². The van der Waals surface area contributed by atoms with Gasteiger partial charge in [0.2, 0.25) is 0 Å². The van der Waals surface area contributed by atoms with Crippen LogP contribution in [0.25, 0.3) is 11.3 Å². The molecular weight excluding hydrogens is 266 g/mol. The maximum Gasteiger partial charge on any atom is 0.166 e. The highest BCUT2D eigenvalue weighted by molar-refractivity contribution is 9.09. The Morgan fingerprint density at radius 1 is 1.19 bits per heavy atom. The van der Waals surface area contributed by atoms with Crippen molar-refractivity contribution in [2.24, 2.45) is 0 Å². The monoisotopic (exact) mass is 275 g/mol. The molecule has 0 atom stereocenters. The van der Waals surface area contributed by atoms with Crippen molar-refractivity contribution in [3.05, 3.63) is 42.1 Å². The van der Waals surface area contributed by atoms with Crippen LogP contribution in [0, 0.1) is 11.8 Å². The standard InChI is InChI=1S/C13H10BrNO/c14-9-2-1-3-11-4-6-12(7-5-11)13-8-10-15-16-13/h4-8,10H,2,9H2. The minimum absolute atomic E-state index is 0.778. The first-order valence-electron chi connectivity index (χ1n) is 4.96. The Bertz CT molecular complexity index is 491. The van der Waals surface area contributed by atoms with E-state index in [-0.39, 0.29) is 0 Å². The van der Waals surface area contributed by atoms with E-state index in [0.717, 1.165) is 28.6 Å². The van der Waals surface area contributed by atoms with Gasteiger partial charge < -0.3 is 4.52 Å². The summed E-state index contributed by atoms with van der Waals surface area (Å²) in [7, 11) is 0. The lowest BCUT2D eigenvalue weighted by atomic mass is 10.1. The molecule has 3 heteroatoms. The smallest absolute Gasteiger partial charge is 0.166 e. The number of rotatable bonds is 2. The van der Waals surface area contributed by atoms with Crippen LogP contribution in [0.3, 0.4) is 0 Å². The second kappa shape index (κ2) is 5.53. The molecule has 0 unspecified atom stereocenters. The molecule has 0 N–H and O–H groups in total. The second-order valence-corrected chi connectivity index (χ2v) is 3.99. The molecule has 1 aromatic carbocycles. The van der Waals surface area contributed by atoms with Crippen molar-refractivity contribution in [1.29, 1.82) is 0 Å². The van der Waals surface area contributed by atoms with E-state index in [2.05, 4.69) is 32.9 Å². The van der Waals surface area contributed by atoms with Gasteiger partial charge in [0.15, 0.2) is 5.76 Å². The lowest BCUT2D eigenvalue weighted by Gasteiger charge is -1.95. The molecule has 0 aliphatic heterocycles. The van der Waals surface area contributed by atoms with Crippen LogP contribution in [-0.2, 0) is 0 Å². The number of nitrogens with zero attached hydrogens (tertiary/aromatic N) is 1. The fourth-order valence-electron chi connectivity index (χ4n) is 1.29. The van der Waals surface area contributed by atoms with Gasteiger partial charge in [-0.1, -0.05) is 32.9 Å². The highest BCUT2D eigenvalue weighted by atomic mass is 79.9. The molecule has 0 fully saturated rings. The molecule has 2 nitrogen and oxygen atoms in total. The van der Waals surface area contributed by atoms with E-state index in [1.165, 1.54) is 0 Å². The normalized spacial score (nSPS) is 9.56. The molecule has 80 valence electrons. The molecule has 0 aliphatic carbocycles. The Labute approximate surface area is 103 Å². The molecule has 0 spiro atoms. The average molecular weight is 276 g/mol. The van der Waals surface area contributed by atoms with Gasteiger partial charge in [0.1, 0.15) is 0 Å². The van der Waals surface area contributed by atoms with Crippen molar-refractivity contribution >= 4 is 15.9 Å². The summed E-state index contributed by atoms with van der Waals surface area (Å²) in [6, 6.07) is 9.78. The van der Waals surface area contributed by atoms with Crippen LogP contribution in [-0.4, -0.2) is 10.5 Å². The molecule has 1 heterocycles. The molecular formula is C13H10BrNO. The third-order valence-corrected chi connectivity index (χ3v) is 2.46.